The van der Waals surface area contributed by atoms with Crippen LogP contribution in [0, 0.1) is 11.3 Å². The Bertz CT molecular complexity index is 507. The summed E-state index contributed by atoms with van der Waals surface area (Å²) >= 11 is 5.86. The highest BCUT2D eigenvalue weighted by molar-refractivity contribution is 6.31. The van der Waals surface area contributed by atoms with Crippen molar-refractivity contribution >= 4 is 23.2 Å². The molecule has 1 aromatic carbocycles. The van der Waals surface area contributed by atoms with Crippen LogP contribution in [-0.4, -0.2) is 43.7 Å². The van der Waals surface area contributed by atoms with Crippen LogP contribution in [0.25, 0.3) is 0 Å². The lowest BCUT2D eigenvalue weighted by molar-refractivity contribution is -0.118. The number of nitriles is 1. The molecule has 0 radical (unpaired) electrons. The topological polar surface area (TPSA) is 65.4 Å². The monoisotopic (exact) mass is 279 g/mol. The average molecular weight is 280 g/mol. The van der Waals surface area contributed by atoms with E-state index in [9.17, 15) is 4.79 Å². The molecule has 1 fully saturated rings. The van der Waals surface area contributed by atoms with E-state index in [-0.39, 0.29) is 5.91 Å². The third-order valence-electron chi connectivity index (χ3n) is 2.85. The second-order valence-electron chi connectivity index (χ2n) is 4.24. The standard InChI is InChI=1S/C13H14ClN3O2/c14-11-2-1-10(8-15)12(7-11)16-13(18)9-17-3-5-19-6-4-17/h1-2,7H,3-6,9H2,(H,16,18). The Morgan fingerprint density at radius 2 is 2.21 bits per heavy atom. The van der Waals surface area contributed by atoms with Crippen molar-refractivity contribution in [3.8, 4) is 6.07 Å². The Labute approximate surface area is 116 Å². The van der Waals surface area contributed by atoms with Crippen molar-refractivity contribution in [2.24, 2.45) is 0 Å². The molecule has 1 aliphatic heterocycles. The molecule has 0 aromatic heterocycles. The van der Waals surface area contributed by atoms with E-state index in [1.54, 1.807) is 18.2 Å². The first-order valence-corrected chi connectivity index (χ1v) is 6.36. The molecule has 0 aliphatic carbocycles. The first kappa shape index (κ1) is 13.8. The minimum absolute atomic E-state index is 0.152. The van der Waals surface area contributed by atoms with Crippen molar-refractivity contribution in [1.29, 1.82) is 5.26 Å². The van der Waals surface area contributed by atoms with Crippen LogP contribution < -0.4 is 5.32 Å². The van der Waals surface area contributed by atoms with E-state index in [1.165, 1.54) is 0 Å². The van der Waals surface area contributed by atoms with Gasteiger partial charge in [-0.3, -0.25) is 9.69 Å². The third-order valence-corrected chi connectivity index (χ3v) is 3.08. The van der Waals surface area contributed by atoms with Crippen molar-refractivity contribution in [3.63, 3.8) is 0 Å². The predicted octanol–water partition coefficient (Wildman–Crippen LogP) is 1.48. The van der Waals surface area contributed by atoms with E-state index in [2.05, 4.69) is 5.32 Å². The number of halogens is 1. The number of amides is 1. The number of carbonyl (C=O) groups is 1. The zero-order valence-corrected chi connectivity index (χ0v) is 11.1. The highest BCUT2D eigenvalue weighted by Gasteiger charge is 2.15. The summed E-state index contributed by atoms with van der Waals surface area (Å²) in [5.41, 5.74) is 0.855. The molecule has 2 rings (SSSR count). The lowest BCUT2D eigenvalue weighted by Crippen LogP contribution is -2.41. The Morgan fingerprint density at radius 1 is 1.47 bits per heavy atom. The SMILES string of the molecule is N#Cc1ccc(Cl)cc1NC(=O)CN1CCOCC1. The van der Waals surface area contributed by atoms with E-state index >= 15 is 0 Å². The number of hydrogen-bond donors (Lipinski definition) is 1. The molecule has 0 bridgehead atoms. The highest BCUT2D eigenvalue weighted by atomic mass is 35.5. The van der Waals surface area contributed by atoms with E-state index in [0.717, 1.165) is 13.1 Å². The van der Waals surface area contributed by atoms with Crippen LogP contribution in [0.5, 0.6) is 0 Å². The van der Waals surface area contributed by atoms with Gasteiger partial charge in [-0.05, 0) is 18.2 Å². The summed E-state index contributed by atoms with van der Waals surface area (Å²) in [5, 5.41) is 12.2. The van der Waals surface area contributed by atoms with Gasteiger partial charge >= 0.3 is 0 Å². The summed E-state index contributed by atoms with van der Waals surface area (Å²) in [6.07, 6.45) is 0. The Balaban J connectivity index is 1.98. The number of anilines is 1. The van der Waals surface area contributed by atoms with Crippen LogP contribution in [-0.2, 0) is 9.53 Å². The molecule has 19 heavy (non-hydrogen) atoms. The first-order chi connectivity index (χ1) is 9.19. The maximum absolute atomic E-state index is 11.9. The van der Waals surface area contributed by atoms with Gasteiger partial charge in [0.2, 0.25) is 5.91 Å². The van der Waals surface area contributed by atoms with Crippen molar-refractivity contribution in [3.05, 3.63) is 28.8 Å². The van der Waals surface area contributed by atoms with E-state index in [0.29, 0.717) is 36.0 Å². The van der Waals surface area contributed by atoms with Gasteiger partial charge in [0, 0.05) is 18.1 Å². The second kappa shape index (κ2) is 6.53. The maximum atomic E-state index is 11.9. The molecule has 0 spiro atoms. The minimum Gasteiger partial charge on any atom is -0.379 e. The minimum atomic E-state index is -0.152. The van der Waals surface area contributed by atoms with Crippen LogP contribution in [0.3, 0.4) is 0 Å². The molecule has 5 nitrogen and oxygen atoms in total. The summed E-state index contributed by atoms with van der Waals surface area (Å²) in [6, 6.07) is 6.82. The van der Waals surface area contributed by atoms with E-state index in [4.69, 9.17) is 21.6 Å². The van der Waals surface area contributed by atoms with Crippen LogP contribution >= 0.6 is 11.6 Å². The van der Waals surface area contributed by atoms with Gasteiger partial charge in [0.15, 0.2) is 0 Å². The van der Waals surface area contributed by atoms with Gasteiger partial charge in [0.25, 0.3) is 0 Å². The number of benzene rings is 1. The summed E-state index contributed by atoms with van der Waals surface area (Å²) in [6.45, 7) is 3.07. The quantitative estimate of drug-likeness (QED) is 0.910. The normalized spacial score (nSPS) is 15.8. The van der Waals surface area contributed by atoms with E-state index < -0.39 is 0 Å². The fourth-order valence-electron chi connectivity index (χ4n) is 1.87. The van der Waals surface area contributed by atoms with E-state index in [1.807, 2.05) is 11.0 Å². The summed E-state index contributed by atoms with van der Waals surface area (Å²) in [4.78, 5) is 13.9. The molecule has 1 amide bonds. The molecule has 6 heteroatoms. The van der Waals surface area contributed by atoms with Crippen molar-refractivity contribution < 1.29 is 9.53 Å². The number of rotatable bonds is 3. The molecule has 1 saturated heterocycles. The fourth-order valence-corrected chi connectivity index (χ4v) is 2.04. The predicted molar refractivity (Wildman–Crippen MR) is 72.1 cm³/mol. The number of nitrogens with zero attached hydrogens (tertiary/aromatic N) is 2. The van der Waals surface area contributed by atoms with Gasteiger partial charge in [0.1, 0.15) is 6.07 Å². The molecular formula is C13H14ClN3O2. The smallest absolute Gasteiger partial charge is 0.238 e. The molecular weight excluding hydrogens is 266 g/mol. The number of hydrogen-bond acceptors (Lipinski definition) is 4. The molecule has 100 valence electrons. The molecule has 1 heterocycles. The summed E-state index contributed by atoms with van der Waals surface area (Å²) < 4.78 is 5.22. The number of ether oxygens (including phenoxy) is 1. The third kappa shape index (κ3) is 3.93. The zero-order chi connectivity index (χ0) is 13.7. The van der Waals surface area contributed by atoms with Gasteiger partial charge in [-0.25, -0.2) is 0 Å². The Kier molecular flexibility index (Phi) is 4.74. The molecule has 1 aromatic rings. The second-order valence-corrected chi connectivity index (χ2v) is 4.67. The van der Waals surface area contributed by atoms with Gasteiger partial charge in [-0.2, -0.15) is 5.26 Å². The largest absolute Gasteiger partial charge is 0.379 e. The summed E-state index contributed by atoms with van der Waals surface area (Å²) in [5.74, 6) is -0.152. The lowest BCUT2D eigenvalue weighted by Gasteiger charge is -2.25. The molecule has 0 saturated carbocycles. The van der Waals surface area contributed by atoms with Crippen molar-refractivity contribution in [2.75, 3.05) is 38.2 Å². The Morgan fingerprint density at radius 3 is 2.89 bits per heavy atom. The maximum Gasteiger partial charge on any atom is 0.238 e. The fraction of sp³-hybridized carbons (Fsp3) is 0.385. The van der Waals surface area contributed by atoms with Gasteiger partial charge < -0.3 is 10.1 Å². The zero-order valence-electron chi connectivity index (χ0n) is 10.4. The van der Waals surface area contributed by atoms with Crippen LogP contribution in [0.15, 0.2) is 18.2 Å². The number of carbonyl (C=O) groups excluding carboxylic acids is 1. The molecule has 0 unspecified atom stereocenters. The van der Waals surface area contributed by atoms with Crippen LogP contribution in [0.4, 0.5) is 5.69 Å². The van der Waals surface area contributed by atoms with Crippen LogP contribution in [0.1, 0.15) is 5.56 Å². The van der Waals surface area contributed by atoms with Crippen molar-refractivity contribution in [2.45, 2.75) is 0 Å². The van der Waals surface area contributed by atoms with Gasteiger partial charge in [-0.1, -0.05) is 11.6 Å². The first-order valence-electron chi connectivity index (χ1n) is 5.98. The number of nitrogens with one attached hydrogen (secondary N) is 1. The molecule has 0 atom stereocenters. The lowest BCUT2D eigenvalue weighted by atomic mass is 10.2. The van der Waals surface area contributed by atoms with Crippen molar-refractivity contribution in [1.82, 2.24) is 4.90 Å². The average Bonchev–Trinajstić information content (AvgIpc) is 2.40. The van der Waals surface area contributed by atoms with Gasteiger partial charge in [0.05, 0.1) is 31.0 Å². The molecule has 1 N–H and O–H groups in total. The number of morpholine rings is 1. The summed E-state index contributed by atoms with van der Waals surface area (Å²) in [7, 11) is 0. The highest BCUT2D eigenvalue weighted by Crippen LogP contribution is 2.20. The van der Waals surface area contributed by atoms with Crippen LogP contribution in [0.2, 0.25) is 5.02 Å². The Hall–Kier alpha value is -1.61. The van der Waals surface area contributed by atoms with Gasteiger partial charge in [-0.15, -0.1) is 0 Å². The molecule has 1 aliphatic rings.